The summed E-state index contributed by atoms with van der Waals surface area (Å²) >= 11 is 0. The molecule has 3 rings (SSSR count). The number of hydrogen-bond donors (Lipinski definition) is 0. The summed E-state index contributed by atoms with van der Waals surface area (Å²) in [6.07, 6.45) is 0.931. The number of nitro benzene ring substituents is 1. The molecule has 9 nitrogen and oxygen atoms in total. The van der Waals surface area contributed by atoms with Gasteiger partial charge in [0.1, 0.15) is 0 Å². The fraction of sp³-hybridized carbons (Fsp3) is 0.529. The van der Waals surface area contributed by atoms with E-state index in [-0.39, 0.29) is 18.2 Å². The van der Waals surface area contributed by atoms with Gasteiger partial charge in [0.15, 0.2) is 12.7 Å². The number of anilines is 1. The predicted molar refractivity (Wildman–Crippen MR) is 91.8 cm³/mol. The molecule has 2 saturated heterocycles. The minimum absolute atomic E-state index is 0.0515. The molecule has 1 aromatic rings. The van der Waals surface area contributed by atoms with Crippen LogP contribution >= 0.6 is 0 Å². The van der Waals surface area contributed by atoms with Gasteiger partial charge in [-0.05, 0) is 25.0 Å². The second-order valence-corrected chi connectivity index (χ2v) is 6.25. The summed E-state index contributed by atoms with van der Waals surface area (Å²) in [5.41, 5.74) is 0.933. The summed E-state index contributed by atoms with van der Waals surface area (Å²) in [7, 11) is 0. The van der Waals surface area contributed by atoms with Crippen LogP contribution in [0, 0.1) is 10.1 Å². The van der Waals surface area contributed by atoms with Gasteiger partial charge in [0.2, 0.25) is 0 Å². The zero-order valence-corrected chi connectivity index (χ0v) is 14.3. The lowest BCUT2D eigenvalue weighted by Crippen LogP contribution is -2.50. The number of amides is 1. The summed E-state index contributed by atoms with van der Waals surface area (Å²) in [6.45, 7) is 2.53. The smallest absolute Gasteiger partial charge is 0.335 e. The van der Waals surface area contributed by atoms with Crippen LogP contribution in [-0.2, 0) is 19.1 Å². The maximum absolute atomic E-state index is 12.2. The van der Waals surface area contributed by atoms with Crippen molar-refractivity contribution in [3.8, 4) is 0 Å². The van der Waals surface area contributed by atoms with Crippen molar-refractivity contribution in [2.75, 3.05) is 44.3 Å². The molecule has 0 radical (unpaired) electrons. The lowest BCUT2D eigenvalue weighted by atomic mass is 10.2. The molecule has 26 heavy (non-hydrogen) atoms. The molecule has 9 heteroatoms. The Kier molecular flexibility index (Phi) is 5.67. The number of ether oxygens (including phenoxy) is 2. The van der Waals surface area contributed by atoms with Gasteiger partial charge in [-0.15, -0.1) is 0 Å². The molecule has 0 N–H and O–H groups in total. The number of carbonyl (C=O) groups is 2. The Labute approximate surface area is 150 Å². The molecule has 0 saturated carbocycles. The van der Waals surface area contributed by atoms with Gasteiger partial charge >= 0.3 is 5.97 Å². The average molecular weight is 363 g/mol. The van der Waals surface area contributed by atoms with Gasteiger partial charge in [0.25, 0.3) is 11.6 Å². The zero-order chi connectivity index (χ0) is 18.5. The van der Waals surface area contributed by atoms with E-state index in [9.17, 15) is 19.7 Å². The maximum Gasteiger partial charge on any atom is 0.335 e. The van der Waals surface area contributed by atoms with Gasteiger partial charge < -0.3 is 19.3 Å². The number of carbonyl (C=O) groups excluding carboxylic acids is 2. The Morgan fingerprint density at radius 3 is 2.46 bits per heavy atom. The number of nitro groups is 1. The number of piperazine rings is 1. The highest BCUT2D eigenvalue weighted by atomic mass is 16.6. The van der Waals surface area contributed by atoms with Crippen molar-refractivity contribution < 1.29 is 24.0 Å². The molecule has 0 spiro atoms. The molecule has 2 aliphatic rings. The molecule has 1 aromatic carbocycles. The van der Waals surface area contributed by atoms with Gasteiger partial charge in [-0.3, -0.25) is 14.9 Å². The molecule has 2 aliphatic heterocycles. The highest BCUT2D eigenvalue weighted by Gasteiger charge is 2.27. The quantitative estimate of drug-likeness (QED) is 0.436. The highest BCUT2D eigenvalue weighted by molar-refractivity contribution is 5.82. The second-order valence-electron chi connectivity index (χ2n) is 6.25. The first-order chi connectivity index (χ1) is 12.5. The Morgan fingerprint density at radius 1 is 1.19 bits per heavy atom. The predicted octanol–water partition coefficient (Wildman–Crippen LogP) is 0.966. The summed E-state index contributed by atoms with van der Waals surface area (Å²) in [6, 6.07) is 6.35. The van der Waals surface area contributed by atoms with Gasteiger partial charge in [0, 0.05) is 50.6 Å². The van der Waals surface area contributed by atoms with E-state index in [4.69, 9.17) is 9.47 Å². The first-order valence-electron chi connectivity index (χ1n) is 8.60. The lowest BCUT2D eigenvalue weighted by Gasteiger charge is -2.36. The van der Waals surface area contributed by atoms with Crippen molar-refractivity contribution in [3.63, 3.8) is 0 Å². The van der Waals surface area contributed by atoms with Crippen molar-refractivity contribution in [1.82, 2.24) is 4.90 Å². The Balaban J connectivity index is 1.44. The molecular formula is C17H21N3O6. The maximum atomic E-state index is 12.2. The number of nitrogens with zero attached hydrogens (tertiary/aromatic N) is 3. The molecular weight excluding hydrogens is 342 g/mol. The van der Waals surface area contributed by atoms with Gasteiger partial charge in [-0.25, -0.2) is 4.79 Å². The Bertz CT molecular complexity index is 664. The van der Waals surface area contributed by atoms with Gasteiger partial charge in [0.05, 0.1) is 4.92 Å². The summed E-state index contributed by atoms with van der Waals surface area (Å²) in [5, 5.41) is 10.7. The molecule has 2 fully saturated rings. The van der Waals surface area contributed by atoms with E-state index >= 15 is 0 Å². The lowest BCUT2D eigenvalue weighted by molar-refractivity contribution is -0.384. The van der Waals surface area contributed by atoms with Crippen LogP contribution in [0.3, 0.4) is 0 Å². The first-order valence-corrected chi connectivity index (χ1v) is 8.60. The van der Waals surface area contributed by atoms with E-state index in [2.05, 4.69) is 4.90 Å². The third kappa shape index (κ3) is 4.29. The van der Waals surface area contributed by atoms with E-state index in [0.29, 0.717) is 39.2 Å². The van der Waals surface area contributed by atoms with Crippen LogP contribution < -0.4 is 4.90 Å². The van der Waals surface area contributed by atoms with Crippen LogP contribution in [0.15, 0.2) is 24.3 Å². The van der Waals surface area contributed by atoms with Crippen LogP contribution in [-0.4, -0.2) is 67.2 Å². The third-order valence-corrected chi connectivity index (χ3v) is 4.59. The minimum atomic E-state index is -0.540. The van der Waals surface area contributed by atoms with Crippen molar-refractivity contribution in [1.29, 1.82) is 0 Å². The average Bonchev–Trinajstić information content (AvgIpc) is 3.21. The SMILES string of the molecule is O=C(OCC(=O)N1CCN(c2ccc([N+](=O)[O-])cc2)CC1)[C@@H]1CCCO1. The minimum Gasteiger partial charge on any atom is -0.454 e. The van der Waals surface area contributed by atoms with Crippen molar-refractivity contribution >= 4 is 23.3 Å². The summed E-state index contributed by atoms with van der Waals surface area (Å²) < 4.78 is 10.3. The molecule has 0 bridgehead atoms. The second kappa shape index (κ2) is 8.13. The topological polar surface area (TPSA) is 102 Å². The molecule has 0 aliphatic carbocycles. The van der Waals surface area contributed by atoms with Gasteiger partial charge in [-0.1, -0.05) is 0 Å². The number of rotatable bonds is 5. The number of esters is 1. The standard InChI is InChI=1S/C17H21N3O6/c21-16(12-26-17(22)15-2-1-11-25-15)19-9-7-18(8-10-19)13-3-5-14(6-4-13)20(23)24/h3-6,15H,1-2,7-12H2/t15-/m0/s1. The van der Waals surface area contributed by atoms with Crippen LogP contribution in [0.2, 0.25) is 0 Å². The van der Waals surface area contributed by atoms with E-state index in [1.807, 2.05) is 0 Å². The summed E-state index contributed by atoms with van der Waals surface area (Å²) in [4.78, 5) is 38.0. The Hall–Kier alpha value is -2.68. The van der Waals surface area contributed by atoms with E-state index in [1.54, 1.807) is 17.0 Å². The van der Waals surface area contributed by atoms with E-state index in [0.717, 1.165) is 12.1 Å². The van der Waals surface area contributed by atoms with Gasteiger partial charge in [-0.2, -0.15) is 0 Å². The highest BCUT2D eigenvalue weighted by Crippen LogP contribution is 2.20. The monoisotopic (exact) mass is 363 g/mol. The third-order valence-electron chi connectivity index (χ3n) is 4.59. The zero-order valence-electron chi connectivity index (χ0n) is 14.3. The van der Waals surface area contributed by atoms with Crippen molar-refractivity contribution in [2.45, 2.75) is 18.9 Å². The number of non-ortho nitro benzene ring substituents is 1. The molecule has 0 aromatic heterocycles. The van der Waals surface area contributed by atoms with Crippen LogP contribution in [0.5, 0.6) is 0 Å². The van der Waals surface area contributed by atoms with E-state index < -0.39 is 17.0 Å². The molecule has 140 valence electrons. The van der Waals surface area contributed by atoms with E-state index in [1.165, 1.54) is 12.1 Å². The van der Waals surface area contributed by atoms with Crippen molar-refractivity contribution in [2.24, 2.45) is 0 Å². The number of benzene rings is 1. The molecule has 1 amide bonds. The fourth-order valence-corrected chi connectivity index (χ4v) is 3.08. The molecule has 1 atom stereocenters. The van der Waals surface area contributed by atoms with Crippen LogP contribution in [0.1, 0.15) is 12.8 Å². The summed E-state index contributed by atoms with van der Waals surface area (Å²) in [5.74, 6) is -0.694. The Morgan fingerprint density at radius 2 is 1.88 bits per heavy atom. The largest absolute Gasteiger partial charge is 0.454 e. The normalized spacial score (nSPS) is 20.1. The first kappa shape index (κ1) is 18.1. The fourth-order valence-electron chi connectivity index (χ4n) is 3.08. The molecule has 0 unspecified atom stereocenters. The number of hydrogen-bond acceptors (Lipinski definition) is 7. The van der Waals surface area contributed by atoms with Crippen LogP contribution in [0.25, 0.3) is 0 Å². The molecule has 2 heterocycles. The van der Waals surface area contributed by atoms with Crippen molar-refractivity contribution in [3.05, 3.63) is 34.4 Å². The van der Waals surface area contributed by atoms with Crippen LogP contribution in [0.4, 0.5) is 11.4 Å².